The van der Waals surface area contributed by atoms with Gasteiger partial charge < -0.3 is 14.2 Å². The lowest BCUT2D eigenvalue weighted by Crippen LogP contribution is -2.15. The van der Waals surface area contributed by atoms with Gasteiger partial charge in [0.05, 0.1) is 23.9 Å². The lowest BCUT2D eigenvalue weighted by molar-refractivity contribution is -0.145. The average Bonchev–Trinajstić information content (AvgIpc) is 2.99. The highest BCUT2D eigenvalue weighted by Gasteiger charge is 2.13. The van der Waals surface area contributed by atoms with Crippen molar-refractivity contribution in [1.29, 1.82) is 5.26 Å². The highest BCUT2D eigenvalue weighted by Crippen LogP contribution is 2.29. The van der Waals surface area contributed by atoms with E-state index in [4.69, 9.17) is 19.2 Å². The molecule has 0 unspecified atom stereocenters. The zero-order valence-corrected chi connectivity index (χ0v) is 21.3. The van der Waals surface area contributed by atoms with Crippen LogP contribution in [0.1, 0.15) is 18.1 Å². The van der Waals surface area contributed by atoms with Gasteiger partial charge >= 0.3 is 5.97 Å². The summed E-state index contributed by atoms with van der Waals surface area (Å²) in [6, 6.07) is 32.8. The van der Waals surface area contributed by atoms with Gasteiger partial charge in [-0.15, -0.1) is 0 Å². The van der Waals surface area contributed by atoms with Crippen molar-refractivity contribution in [2.45, 2.75) is 13.5 Å². The van der Waals surface area contributed by atoms with Crippen molar-refractivity contribution in [2.24, 2.45) is 0 Å². The molecule has 0 N–H and O–H groups in total. The summed E-state index contributed by atoms with van der Waals surface area (Å²) >= 11 is 0. The Morgan fingerprint density at radius 3 is 2.41 bits per heavy atom. The first-order valence-corrected chi connectivity index (χ1v) is 12.5. The molecule has 39 heavy (non-hydrogen) atoms. The Morgan fingerprint density at radius 2 is 1.59 bits per heavy atom. The van der Waals surface area contributed by atoms with E-state index in [9.17, 15) is 10.1 Å². The van der Waals surface area contributed by atoms with Crippen LogP contribution in [-0.4, -0.2) is 29.2 Å². The molecule has 5 aromatic rings. The molecule has 0 bridgehead atoms. The highest BCUT2D eigenvalue weighted by atomic mass is 16.6. The Bertz CT molecular complexity index is 1660. The van der Waals surface area contributed by atoms with Crippen LogP contribution in [0, 0.1) is 11.3 Å². The summed E-state index contributed by atoms with van der Waals surface area (Å²) < 4.78 is 16.6. The number of esters is 1. The van der Waals surface area contributed by atoms with Gasteiger partial charge in [-0.2, -0.15) is 10.2 Å². The average molecular weight is 516 g/mol. The minimum Gasteiger partial charge on any atom is -0.489 e. The maximum atomic E-state index is 11.8. The smallest absolute Gasteiger partial charge is 0.344 e. The predicted molar refractivity (Wildman–Crippen MR) is 148 cm³/mol. The van der Waals surface area contributed by atoms with E-state index in [-0.39, 0.29) is 19.1 Å². The second-order valence-electron chi connectivity index (χ2n) is 8.66. The van der Waals surface area contributed by atoms with E-state index in [1.165, 1.54) is 0 Å². The van der Waals surface area contributed by atoms with Crippen LogP contribution in [0.25, 0.3) is 33.4 Å². The zero-order valence-electron chi connectivity index (χ0n) is 21.3. The van der Waals surface area contributed by atoms with Crippen molar-refractivity contribution < 1.29 is 19.0 Å². The fourth-order valence-electron chi connectivity index (χ4n) is 4.09. The quantitative estimate of drug-likeness (QED) is 0.211. The van der Waals surface area contributed by atoms with E-state index < -0.39 is 5.97 Å². The van der Waals surface area contributed by atoms with Gasteiger partial charge in [-0.3, -0.25) is 0 Å². The van der Waals surface area contributed by atoms with Crippen molar-refractivity contribution in [3.05, 3.63) is 108 Å². The topological polar surface area (TPSA) is 94.3 Å². The zero-order chi connectivity index (χ0) is 27.0. The summed E-state index contributed by atoms with van der Waals surface area (Å²) in [6.45, 7) is 2.10. The van der Waals surface area contributed by atoms with Crippen LogP contribution in [0.5, 0.6) is 11.6 Å². The molecule has 7 nitrogen and oxygen atoms in total. The van der Waals surface area contributed by atoms with Crippen molar-refractivity contribution in [2.75, 3.05) is 13.2 Å². The number of aromatic nitrogens is 2. The van der Waals surface area contributed by atoms with Gasteiger partial charge in [0, 0.05) is 22.8 Å². The van der Waals surface area contributed by atoms with Crippen LogP contribution in [0.3, 0.4) is 0 Å². The molecule has 0 spiro atoms. The molecule has 0 aliphatic heterocycles. The third-order valence-electron chi connectivity index (χ3n) is 6.02. The Labute approximate surface area is 226 Å². The largest absolute Gasteiger partial charge is 0.489 e. The van der Waals surface area contributed by atoms with Crippen molar-refractivity contribution in [3.8, 4) is 40.3 Å². The summed E-state index contributed by atoms with van der Waals surface area (Å²) in [5, 5.41) is 11.3. The monoisotopic (exact) mass is 515 g/mol. The van der Waals surface area contributed by atoms with Crippen LogP contribution in [-0.2, 0) is 16.1 Å². The molecule has 1 heterocycles. The summed E-state index contributed by atoms with van der Waals surface area (Å²) in [7, 11) is 0. The number of nitrogens with zero attached hydrogens (tertiary/aromatic N) is 3. The first-order valence-electron chi connectivity index (χ1n) is 12.5. The minimum absolute atomic E-state index is 0.238. The molecular formula is C32H25N3O4. The third kappa shape index (κ3) is 6.20. The SMILES string of the molecule is CCOC(=O)COc1cc(-c2ccccc2)nc(-c2ccc3cc(OCc4ccccc4C#N)ccc3c2)n1. The Balaban J connectivity index is 1.42. The van der Waals surface area contributed by atoms with Crippen LogP contribution in [0.15, 0.2) is 97.1 Å². The fraction of sp³-hybridized carbons (Fsp3) is 0.125. The molecule has 7 heteroatoms. The van der Waals surface area contributed by atoms with Gasteiger partial charge in [-0.25, -0.2) is 9.78 Å². The molecule has 0 aliphatic rings. The molecule has 0 fully saturated rings. The predicted octanol–water partition coefficient (Wildman–Crippen LogP) is 6.36. The minimum atomic E-state index is -0.459. The molecule has 192 valence electrons. The van der Waals surface area contributed by atoms with Crippen LogP contribution in [0.4, 0.5) is 0 Å². The maximum absolute atomic E-state index is 11.8. The van der Waals surface area contributed by atoms with Gasteiger partial charge in [0.2, 0.25) is 5.88 Å². The number of hydrogen-bond acceptors (Lipinski definition) is 7. The first kappa shape index (κ1) is 25.4. The molecular weight excluding hydrogens is 490 g/mol. The van der Waals surface area contributed by atoms with E-state index in [2.05, 4.69) is 11.1 Å². The highest BCUT2D eigenvalue weighted by molar-refractivity contribution is 5.87. The second-order valence-corrected chi connectivity index (χ2v) is 8.66. The number of hydrogen-bond donors (Lipinski definition) is 0. The van der Waals surface area contributed by atoms with Crippen LogP contribution < -0.4 is 9.47 Å². The number of rotatable bonds is 9. The van der Waals surface area contributed by atoms with Crippen molar-refractivity contribution in [1.82, 2.24) is 9.97 Å². The molecule has 0 radical (unpaired) electrons. The van der Waals surface area contributed by atoms with Gasteiger partial charge in [0.25, 0.3) is 0 Å². The third-order valence-corrected chi connectivity index (χ3v) is 6.02. The van der Waals surface area contributed by atoms with E-state index >= 15 is 0 Å². The molecule has 0 amide bonds. The lowest BCUT2D eigenvalue weighted by Gasteiger charge is -2.11. The Kier molecular flexibility index (Phi) is 7.75. The van der Waals surface area contributed by atoms with Crippen LogP contribution in [0.2, 0.25) is 0 Å². The van der Waals surface area contributed by atoms with Crippen molar-refractivity contribution >= 4 is 16.7 Å². The normalized spacial score (nSPS) is 10.6. The van der Waals surface area contributed by atoms with E-state index in [0.717, 1.165) is 27.5 Å². The van der Waals surface area contributed by atoms with Gasteiger partial charge in [-0.05, 0) is 42.0 Å². The Morgan fingerprint density at radius 1 is 0.821 bits per heavy atom. The van der Waals surface area contributed by atoms with Gasteiger partial charge in [0.15, 0.2) is 12.4 Å². The summed E-state index contributed by atoms with van der Waals surface area (Å²) in [6.07, 6.45) is 0. The number of carbonyl (C=O) groups is 1. The van der Waals surface area contributed by atoms with E-state index in [1.807, 2.05) is 84.9 Å². The number of nitriles is 1. The summed E-state index contributed by atoms with van der Waals surface area (Å²) in [5.74, 6) is 1.01. The van der Waals surface area contributed by atoms with Gasteiger partial charge in [-0.1, -0.05) is 66.7 Å². The molecule has 4 aromatic carbocycles. The number of benzene rings is 4. The lowest BCUT2D eigenvalue weighted by atomic mass is 10.1. The molecule has 0 atom stereocenters. The van der Waals surface area contributed by atoms with E-state index in [0.29, 0.717) is 29.4 Å². The standard InChI is InChI=1S/C32H25N3O4/c1-2-37-31(36)21-39-30-18-29(22-8-4-3-5-9-22)34-32(35-30)25-13-12-24-17-28(15-14-23(24)16-25)38-20-27-11-7-6-10-26(27)19-33/h3-18H,2,20-21H2,1H3. The van der Waals surface area contributed by atoms with Crippen LogP contribution >= 0.6 is 0 Å². The molecule has 0 saturated heterocycles. The number of carbonyl (C=O) groups excluding carboxylic acids is 1. The summed E-state index contributed by atoms with van der Waals surface area (Å²) in [4.78, 5) is 21.2. The Hall–Kier alpha value is -5.22. The molecule has 5 rings (SSSR count). The van der Waals surface area contributed by atoms with E-state index in [1.54, 1.807) is 19.1 Å². The molecule has 0 aliphatic carbocycles. The molecule has 1 aromatic heterocycles. The van der Waals surface area contributed by atoms with Crippen molar-refractivity contribution in [3.63, 3.8) is 0 Å². The fourth-order valence-corrected chi connectivity index (χ4v) is 4.09. The van der Waals surface area contributed by atoms with Gasteiger partial charge in [0.1, 0.15) is 12.4 Å². The molecule has 0 saturated carbocycles. The summed E-state index contributed by atoms with van der Waals surface area (Å²) in [5.41, 5.74) is 3.83. The number of ether oxygens (including phenoxy) is 3. The number of fused-ring (bicyclic) bond motifs is 1. The first-order chi connectivity index (χ1) is 19.1. The second kappa shape index (κ2) is 11.9. The maximum Gasteiger partial charge on any atom is 0.344 e.